The third-order valence-corrected chi connectivity index (χ3v) is 7.11. The van der Waals surface area contributed by atoms with Crippen molar-refractivity contribution in [1.82, 2.24) is 24.6 Å². The van der Waals surface area contributed by atoms with Gasteiger partial charge in [0.05, 0.1) is 23.9 Å². The quantitative estimate of drug-likeness (QED) is 0.424. The molecule has 6 rings (SSSR count). The van der Waals surface area contributed by atoms with E-state index in [4.69, 9.17) is 0 Å². The number of carbonyl (C=O) groups is 2. The second-order valence-electron chi connectivity index (χ2n) is 9.62. The summed E-state index contributed by atoms with van der Waals surface area (Å²) in [6.07, 6.45) is 4.26. The Labute approximate surface area is 212 Å². The maximum atomic E-state index is 13.9. The number of Topliss-reactive ketones (excluding diaryl/α,β-unsaturated/α-hetero) is 1. The summed E-state index contributed by atoms with van der Waals surface area (Å²) in [5, 5.41) is 8.72. The van der Waals surface area contributed by atoms with Crippen LogP contribution in [0.1, 0.15) is 61.0 Å². The minimum atomic E-state index is -0.193. The number of hydrogen-bond donors (Lipinski definition) is 1. The lowest BCUT2D eigenvalue weighted by atomic mass is 9.90. The van der Waals surface area contributed by atoms with E-state index in [1.165, 1.54) is 6.33 Å². The van der Waals surface area contributed by atoms with Crippen molar-refractivity contribution in [2.24, 2.45) is 5.10 Å². The summed E-state index contributed by atoms with van der Waals surface area (Å²) in [7, 11) is 0. The number of amides is 1. The molecule has 0 atom stereocenters. The first-order chi connectivity index (χ1) is 18.0. The Morgan fingerprint density at radius 3 is 2.54 bits per heavy atom. The minimum absolute atomic E-state index is 0.120. The molecule has 1 N–H and O–H groups in total. The van der Waals surface area contributed by atoms with Crippen LogP contribution >= 0.6 is 0 Å². The molecule has 9 nitrogen and oxygen atoms in total. The smallest absolute Gasteiger partial charge is 0.259 e. The number of carbonyl (C=O) groups excluding carboxylic acids is 2. The molecule has 3 heterocycles. The molecule has 2 aliphatic rings. The van der Waals surface area contributed by atoms with Gasteiger partial charge < -0.3 is 0 Å². The number of fused-ring (bicyclic) bond motifs is 1. The highest BCUT2D eigenvalue weighted by Crippen LogP contribution is 2.30. The van der Waals surface area contributed by atoms with Gasteiger partial charge in [-0.05, 0) is 29.2 Å². The zero-order valence-corrected chi connectivity index (χ0v) is 20.5. The lowest BCUT2D eigenvalue weighted by Gasteiger charge is -2.27. The van der Waals surface area contributed by atoms with Crippen molar-refractivity contribution in [1.29, 1.82) is 0 Å². The Kier molecular flexibility index (Phi) is 5.75. The monoisotopic (exact) mass is 494 g/mol. The van der Waals surface area contributed by atoms with E-state index < -0.39 is 0 Å². The van der Waals surface area contributed by atoms with E-state index in [1.54, 1.807) is 9.08 Å². The molecule has 37 heavy (non-hydrogen) atoms. The Bertz CT molecular complexity index is 1630. The maximum absolute atomic E-state index is 13.9. The van der Waals surface area contributed by atoms with Gasteiger partial charge in [-0.25, -0.2) is 9.94 Å². The second-order valence-corrected chi connectivity index (χ2v) is 9.62. The molecule has 1 aliphatic carbocycles. The number of aryl methyl sites for hydroxylation is 1. The van der Waals surface area contributed by atoms with E-state index in [2.05, 4.69) is 27.5 Å². The van der Waals surface area contributed by atoms with Gasteiger partial charge in [-0.3, -0.25) is 19.0 Å². The molecule has 0 bridgehead atoms. The Morgan fingerprint density at radius 1 is 1.03 bits per heavy atom. The fourth-order valence-corrected chi connectivity index (χ4v) is 5.26. The van der Waals surface area contributed by atoms with Crippen molar-refractivity contribution < 1.29 is 9.59 Å². The number of aromatic nitrogens is 4. The first kappa shape index (κ1) is 23.0. The Morgan fingerprint density at radius 2 is 1.84 bits per heavy atom. The van der Waals surface area contributed by atoms with Crippen LogP contribution in [0.15, 0.2) is 64.8 Å². The minimum Gasteiger partial charge on any atom is -0.300 e. The predicted octanol–water partition coefficient (Wildman–Crippen LogP) is 3.23. The van der Waals surface area contributed by atoms with E-state index in [9.17, 15) is 14.4 Å². The van der Waals surface area contributed by atoms with Crippen LogP contribution in [0.25, 0.3) is 16.9 Å². The van der Waals surface area contributed by atoms with Crippen LogP contribution in [-0.2, 0) is 22.4 Å². The van der Waals surface area contributed by atoms with Gasteiger partial charge in [0.2, 0.25) is 11.7 Å². The number of nitrogens with zero attached hydrogens (tertiary/aromatic N) is 5. The molecule has 0 radical (unpaired) electrons. The zero-order valence-electron chi connectivity index (χ0n) is 20.5. The summed E-state index contributed by atoms with van der Waals surface area (Å²) < 4.78 is 3.40. The molecule has 4 aromatic rings. The SMILES string of the molecule is CCCc1c(Cc2ccc(-c3ccccc3)c(C3=NNC(=O)C3)c2)c(=O)n(C2CC(=O)C2)c2ncnn12. The standard InChI is InChI=1S/C28H26N6O3/c1-2-6-25-23(27(37)33(19-13-20(35)14-19)28-29-16-30-34(25)28)12-17-9-10-21(18-7-4-3-5-8-18)22(11-17)24-15-26(36)32-31-24/h3-5,7-11,16,19H,2,6,12-15H2,1H3,(H,32,36). The number of hydrogen-bond acceptors (Lipinski definition) is 6. The van der Waals surface area contributed by atoms with Crippen LogP contribution in [0.5, 0.6) is 0 Å². The van der Waals surface area contributed by atoms with Crippen molar-refractivity contribution in [3.05, 3.63) is 87.6 Å². The van der Waals surface area contributed by atoms with E-state index in [-0.39, 0.29) is 29.7 Å². The third kappa shape index (κ3) is 4.06. The van der Waals surface area contributed by atoms with Crippen molar-refractivity contribution >= 4 is 23.2 Å². The summed E-state index contributed by atoms with van der Waals surface area (Å²) >= 11 is 0. The van der Waals surface area contributed by atoms with Crippen molar-refractivity contribution in [3.63, 3.8) is 0 Å². The van der Waals surface area contributed by atoms with Gasteiger partial charge in [0.25, 0.3) is 5.56 Å². The largest absolute Gasteiger partial charge is 0.300 e. The second kappa shape index (κ2) is 9.24. The predicted molar refractivity (Wildman–Crippen MR) is 139 cm³/mol. The highest BCUT2D eigenvalue weighted by atomic mass is 16.2. The fraction of sp³-hybridized carbons (Fsp3) is 0.286. The van der Waals surface area contributed by atoms with E-state index in [1.807, 2.05) is 48.5 Å². The van der Waals surface area contributed by atoms with Crippen LogP contribution in [0.4, 0.5) is 0 Å². The molecule has 1 saturated carbocycles. The molecular formula is C28H26N6O3. The lowest BCUT2D eigenvalue weighted by Crippen LogP contribution is -2.38. The van der Waals surface area contributed by atoms with Crippen molar-refractivity contribution in [2.45, 2.75) is 51.5 Å². The topological polar surface area (TPSA) is 111 Å². The normalized spacial score (nSPS) is 15.6. The molecule has 1 amide bonds. The zero-order chi connectivity index (χ0) is 25.5. The molecule has 1 fully saturated rings. The molecule has 9 heteroatoms. The van der Waals surface area contributed by atoms with E-state index in [0.717, 1.165) is 34.4 Å². The summed E-state index contributed by atoms with van der Waals surface area (Å²) in [6.45, 7) is 2.07. The van der Waals surface area contributed by atoms with E-state index >= 15 is 0 Å². The highest BCUT2D eigenvalue weighted by molar-refractivity contribution is 6.16. The summed E-state index contributed by atoms with van der Waals surface area (Å²) in [5.41, 5.74) is 8.41. The Hall–Kier alpha value is -4.40. The number of benzene rings is 2. The number of hydrazone groups is 1. The molecule has 1 aliphatic heterocycles. The van der Waals surface area contributed by atoms with Crippen LogP contribution in [0.3, 0.4) is 0 Å². The average molecular weight is 495 g/mol. The molecule has 0 saturated heterocycles. The fourth-order valence-electron chi connectivity index (χ4n) is 5.26. The van der Waals surface area contributed by atoms with E-state index in [0.29, 0.717) is 42.7 Å². The van der Waals surface area contributed by atoms with Gasteiger partial charge in [-0.2, -0.15) is 15.2 Å². The molecule has 186 valence electrons. The van der Waals surface area contributed by atoms with Gasteiger partial charge in [0.15, 0.2) is 0 Å². The van der Waals surface area contributed by atoms with Crippen LogP contribution in [-0.4, -0.2) is 36.6 Å². The summed E-state index contributed by atoms with van der Waals surface area (Å²) in [4.78, 5) is 42.0. The van der Waals surface area contributed by atoms with Crippen molar-refractivity contribution in [2.75, 3.05) is 0 Å². The van der Waals surface area contributed by atoms with Gasteiger partial charge in [-0.1, -0.05) is 55.8 Å². The van der Waals surface area contributed by atoms with Gasteiger partial charge in [0, 0.05) is 30.4 Å². The highest BCUT2D eigenvalue weighted by Gasteiger charge is 2.32. The molecule has 0 spiro atoms. The molecular weight excluding hydrogens is 468 g/mol. The number of rotatable bonds is 7. The summed E-state index contributed by atoms with van der Waals surface area (Å²) in [5.74, 6) is 0.495. The summed E-state index contributed by atoms with van der Waals surface area (Å²) in [6, 6.07) is 15.9. The third-order valence-electron chi connectivity index (χ3n) is 7.11. The lowest BCUT2D eigenvalue weighted by molar-refractivity contribution is -0.126. The molecule has 2 aromatic heterocycles. The van der Waals surface area contributed by atoms with Crippen LogP contribution < -0.4 is 11.0 Å². The average Bonchev–Trinajstić information content (AvgIpc) is 3.55. The molecule has 0 unspecified atom stereocenters. The first-order valence-electron chi connectivity index (χ1n) is 12.5. The molecule has 2 aromatic carbocycles. The number of nitrogens with one attached hydrogen (secondary N) is 1. The Balaban J connectivity index is 1.48. The van der Waals surface area contributed by atoms with Gasteiger partial charge in [-0.15, -0.1) is 0 Å². The maximum Gasteiger partial charge on any atom is 0.259 e. The first-order valence-corrected chi connectivity index (χ1v) is 12.5. The van der Waals surface area contributed by atoms with Gasteiger partial charge >= 0.3 is 0 Å². The van der Waals surface area contributed by atoms with Gasteiger partial charge in [0.1, 0.15) is 12.1 Å². The number of ketones is 1. The van der Waals surface area contributed by atoms with Crippen molar-refractivity contribution in [3.8, 4) is 11.1 Å². The van der Waals surface area contributed by atoms with Crippen LogP contribution in [0.2, 0.25) is 0 Å². The van der Waals surface area contributed by atoms with Crippen LogP contribution in [0, 0.1) is 0 Å².